The maximum absolute atomic E-state index is 2.46. The molecule has 0 fully saturated rings. The van der Waals surface area contributed by atoms with Crippen molar-refractivity contribution in [3.63, 3.8) is 0 Å². The average molecular weight is 641 g/mol. The normalized spacial score (nSPS) is 14.3. The molecule has 0 saturated heterocycles. The Morgan fingerprint density at radius 2 is 0.560 bits per heavy atom. The molecular formula is C50H40. The molecular weight excluding hydrogens is 601 g/mol. The lowest BCUT2D eigenvalue weighted by Crippen LogP contribution is -2.55. The summed E-state index contributed by atoms with van der Waals surface area (Å²) in [5.41, 5.74) is 14.1. The molecule has 8 aromatic rings. The van der Waals surface area contributed by atoms with Crippen molar-refractivity contribution in [1.82, 2.24) is 0 Å². The minimum absolute atomic E-state index is 0.659. The summed E-state index contributed by atoms with van der Waals surface area (Å²) in [6.45, 7) is 8.77. The lowest BCUT2D eigenvalue weighted by molar-refractivity contribution is 0.415. The third-order valence-electron chi connectivity index (χ3n) is 11.4. The van der Waals surface area contributed by atoms with E-state index >= 15 is 0 Å². The molecule has 0 nitrogen and oxygen atoms in total. The lowest BCUT2D eigenvalue weighted by Gasteiger charge is -2.57. The molecule has 240 valence electrons. The first-order valence-electron chi connectivity index (χ1n) is 17.8. The van der Waals surface area contributed by atoms with Crippen molar-refractivity contribution >= 4 is 21.5 Å². The summed E-state index contributed by atoms with van der Waals surface area (Å²) in [7, 11) is 0. The van der Waals surface area contributed by atoms with Crippen LogP contribution in [0.2, 0.25) is 0 Å². The summed E-state index contributed by atoms with van der Waals surface area (Å²) in [5, 5.41) is 5.08. The van der Waals surface area contributed by atoms with Gasteiger partial charge in [-0.2, -0.15) is 0 Å². The van der Waals surface area contributed by atoms with E-state index in [0.29, 0.717) is 0 Å². The highest BCUT2D eigenvalue weighted by Crippen LogP contribution is 2.67. The van der Waals surface area contributed by atoms with Gasteiger partial charge < -0.3 is 0 Å². The van der Waals surface area contributed by atoms with Gasteiger partial charge in [0.1, 0.15) is 0 Å². The molecule has 0 heterocycles. The second-order valence-electron chi connectivity index (χ2n) is 14.4. The molecule has 0 spiro atoms. The van der Waals surface area contributed by atoms with Crippen LogP contribution in [0.15, 0.2) is 170 Å². The van der Waals surface area contributed by atoms with Crippen LogP contribution in [0, 0.1) is 27.7 Å². The monoisotopic (exact) mass is 640 g/mol. The van der Waals surface area contributed by atoms with E-state index in [2.05, 4.69) is 198 Å². The van der Waals surface area contributed by atoms with Crippen LogP contribution in [-0.2, 0) is 10.8 Å². The fraction of sp³-hybridized carbons (Fsp3) is 0.120. The Labute approximate surface area is 295 Å². The third-order valence-corrected chi connectivity index (χ3v) is 11.4. The van der Waals surface area contributed by atoms with Crippen molar-refractivity contribution in [3.05, 3.63) is 225 Å². The number of fused-ring (bicyclic) bond motifs is 7. The molecule has 0 saturated carbocycles. The summed E-state index contributed by atoms with van der Waals surface area (Å²) in [6, 6.07) is 65.2. The Balaban J connectivity index is 1.64. The van der Waals surface area contributed by atoms with Crippen LogP contribution in [-0.4, -0.2) is 0 Å². The fourth-order valence-corrected chi connectivity index (χ4v) is 9.15. The highest BCUT2D eigenvalue weighted by atomic mass is 14.6. The third kappa shape index (κ3) is 4.18. The second-order valence-corrected chi connectivity index (χ2v) is 14.4. The van der Waals surface area contributed by atoms with Gasteiger partial charge in [0.05, 0.1) is 10.8 Å². The maximum Gasteiger partial charge on any atom is 0.0635 e. The van der Waals surface area contributed by atoms with Crippen molar-refractivity contribution in [2.24, 2.45) is 0 Å². The molecule has 1 aliphatic rings. The fourth-order valence-electron chi connectivity index (χ4n) is 9.15. The van der Waals surface area contributed by atoms with Crippen LogP contribution in [0.25, 0.3) is 32.7 Å². The Bertz CT molecular complexity index is 2260. The zero-order chi connectivity index (χ0) is 34.0. The van der Waals surface area contributed by atoms with Gasteiger partial charge in [0.2, 0.25) is 0 Å². The van der Waals surface area contributed by atoms with Gasteiger partial charge in [-0.05, 0) is 93.7 Å². The van der Waals surface area contributed by atoms with Gasteiger partial charge in [-0.1, -0.05) is 192 Å². The van der Waals surface area contributed by atoms with E-state index in [4.69, 9.17) is 0 Å². The number of rotatable bonds is 4. The molecule has 0 unspecified atom stereocenters. The van der Waals surface area contributed by atoms with Gasteiger partial charge in [0.15, 0.2) is 0 Å². The number of hydrogen-bond donors (Lipinski definition) is 0. The first-order chi connectivity index (χ1) is 24.4. The van der Waals surface area contributed by atoms with E-state index in [1.54, 1.807) is 0 Å². The molecule has 1 aliphatic carbocycles. The molecule has 9 rings (SSSR count). The molecule has 50 heavy (non-hydrogen) atoms. The topological polar surface area (TPSA) is 0 Å². The highest BCUT2D eigenvalue weighted by molar-refractivity contribution is 6.11. The molecule has 0 atom stereocenters. The van der Waals surface area contributed by atoms with E-state index in [1.807, 2.05) is 0 Å². The van der Waals surface area contributed by atoms with Crippen LogP contribution < -0.4 is 0 Å². The van der Waals surface area contributed by atoms with E-state index in [0.717, 1.165) is 0 Å². The van der Waals surface area contributed by atoms with Gasteiger partial charge in [0, 0.05) is 0 Å². The zero-order valence-electron chi connectivity index (χ0n) is 29.2. The van der Waals surface area contributed by atoms with Crippen LogP contribution >= 0.6 is 0 Å². The minimum Gasteiger partial charge on any atom is -0.0616 e. The van der Waals surface area contributed by atoms with Gasteiger partial charge in [0.25, 0.3) is 0 Å². The largest absolute Gasteiger partial charge is 0.0635 e. The van der Waals surface area contributed by atoms with Gasteiger partial charge in [-0.15, -0.1) is 0 Å². The van der Waals surface area contributed by atoms with Crippen LogP contribution in [0.3, 0.4) is 0 Å². The minimum atomic E-state index is -0.659. The Hall–Kier alpha value is -5.72. The summed E-state index contributed by atoms with van der Waals surface area (Å²) >= 11 is 0. The van der Waals surface area contributed by atoms with Crippen molar-refractivity contribution in [1.29, 1.82) is 0 Å². The van der Waals surface area contributed by atoms with E-state index in [9.17, 15) is 0 Å². The van der Waals surface area contributed by atoms with E-state index in [1.165, 1.54) is 88.3 Å². The quantitative estimate of drug-likeness (QED) is 0.180. The van der Waals surface area contributed by atoms with Gasteiger partial charge in [-0.3, -0.25) is 0 Å². The predicted octanol–water partition coefficient (Wildman–Crippen LogP) is 12.6. The van der Waals surface area contributed by atoms with Crippen molar-refractivity contribution in [2.75, 3.05) is 0 Å². The van der Waals surface area contributed by atoms with Crippen LogP contribution in [0.1, 0.15) is 55.6 Å². The highest BCUT2D eigenvalue weighted by Gasteiger charge is 2.61. The van der Waals surface area contributed by atoms with Crippen molar-refractivity contribution in [3.8, 4) is 11.1 Å². The molecule has 0 amide bonds. The molecule has 0 bridgehead atoms. The van der Waals surface area contributed by atoms with Crippen LogP contribution in [0.4, 0.5) is 0 Å². The lowest BCUT2D eigenvalue weighted by atomic mass is 9.43. The van der Waals surface area contributed by atoms with Gasteiger partial charge >= 0.3 is 0 Å². The smallest absolute Gasteiger partial charge is 0.0616 e. The van der Waals surface area contributed by atoms with Crippen LogP contribution in [0.5, 0.6) is 0 Å². The van der Waals surface area contributed by atoms with E-state index < -0.39 is 10.8 Å². The standard InChI is InChI=1S/C50H40/c1-33-13-23-39(24-14-33)49(40-25-15-34(2)16-26-40)45-31-21-37-9-5-7-11-43(37)47(45)48-44-12-8-6-10-38(44)22-32-46(48)50(49,41-27-17-35(3)18-28-41)42-29-19-36(4)20-30-42/h5-32H,1-4H3. The van der Waals surface area contributed by atoms with Gasteiger partial charge in [-0.25, -0.2) is 0 Å². The predicted molar refractivity (Wildman–Crippen MR) is 211 cm³/mol. The molecule has 8 aromatic carbocycles. The molecule has 0 heteroatoms. The SMILES string of the molecule is Cc1ccc(C2(c3ccc(C)cc3)c3ccc4ccccc4c3-c3c(ccc4ccccc34)C2(c2ccc(C)cc2)c2ccc(C)cc2)cc1. The molecule has 0 N–H and O–H groups in total. The Morgan fingerprint density at radius 3 is 0.860 bits per heavy atom. The summed E-state index contributed by atoms with van der Waals surface area (Å²) in [6.07, 6.45) is 0. The Morgan fingerprint density at radius 1 is 0.280 bits per heavy atom. The van der Waals surface area contributed by atoms with E-state index in [-0.39, 0.29) is 0 Å². The molecule has 0 aliphatic heterocycles. The summed E-state index contributed by atoms with van der Waals surface area (Å²) in [4.78, 5) is 0. The average Bonchev–Trinajstić information content (AvgIpc) is 3.15. The first kappa shape index (κ1) is 30.3. The summed E-state index contributed by atoms with van der Waals surface area (Å²) < 4.78 is 0. The first-order valence-corrected chi connectivity index (χ1v) is 17.8. The number of benzene rings is 8. The maximum atomic E-state index is 2.46. The number of hydrogen-bond acceptors (Lipinski definition) is 0. The van der Waals surface area contributed by atoms with Crippen molar-refractivity contribution in [2.45, 2.75) is 38.5 Å². The Kier molecular flexibility index (Phi) is 6.94. The molecule has 0 aromatic heterocycles. The molecule has 0 radical (unpaired) electrons. The zero-order valence-corrected chi connectivity index (χ0v) is 29.2. The number of aryl methyl sites for hydroxylation is 4. The van der Waals surface area contributed by atoms with Crippen molar-refractivity contribution < 1.29 is 0 Å². The second kappa shape index (κ2) is 11.4. The summed E-state index contributed by atoms with van der Waals surface area (Å²) in [5.74, 6) is 0.